The SMILES string of the molecule is Cc1cccc(C)c1OCCC(=O)Nc1c(C(=O)N2CCOCC2)oc2ccccc12. The van der Waals surface area contributed by atoms with Crippen LogP contribution in [0.1, 0.15) is 28.1 Å². The third-order valence-electron chi connectivity index (χ3n) is 5.34. The average Bonchev–Trinajstić information content (AvgIpc) is 3.14. The molecule has 1 aliphatic rings. The van der Waals surface area contributed by atoms with E-state index in [1.807, 2.05) is 50.2 Å². The number of fused-ring (bicyclic) bond motifs is 1. The molecule has 0 aliphatic carbocycles. The second kappa shape index (κ2) is 9.22. The highest BCUT2D eigenvalue weighted by Gasteiger charge is 2.27. The van der Waals surface area contributed by atoms with E-state index < -0.39 is 0 Å². The maximum atomic E-state index is 13.0. The van der Waals surface area contributed by atoms with Gasteiger partial charge in [0.05, 0.1) is 26.2 Å². The summed E-state index contributed by atoms with van der Waals surface area (Å²) in [5.74, 6) is 0.453. The minimum atomic E-state index is -0.249. The Kier molecular flexibility index (Phi) is 6.23. The van der Waals surface area contributed by atoms with Crippen LogP contribution in [0.15, 0.2) is 46.9 Å². The van der Waals surface area contributed by atoms with Crippen molar-refractivity contribution < 1.29 is 23.5 Å². The van der Waals surface area contributed by atoms with Gasteiger partial charge in [-0.15, -0.1) is 0 Å². The fourth-order valence-electron chi connectivity index (χ4n) is 3.70. The number of para-hydroxylation sites is 2. The Morgan fingerprint density at radius 3 is 2.48 bits per heavy atom. The molecule has 7 heteroatoms. The first-order valence-corrected chi connectivity index (χ1v) is 10.4. The molecule has 0 radical (unpaired) electrons. The molecule has 7 nitrogen and oxygen atoms in total. The highest BCUT2D eigenvalue weighted by molar-refractivity contribution is 6.10. The van der Waals surface area contributed by atoms with E-state index in [0.29, 0.717) is 43.0 Å². The van der Waals surface area contributed by atoms with Crippen LogP contribution in [0.5, 0.6) is 5.75 Å². The molecule has 0 bridgehead atoms. The van der Waals surface area contributed by atoms with Crippen LogP contribution in [-0.2, 0) is 9.53 Å². The fourth-order valence-corrected chi connectivity index (χ4v) is 3.70. The second-order valence-electron chi connectivity index (χ2n) is 7.57. The Morgan fingerprint density at radius 2 is 1.74 bits per heavy atom. The Hall–Kier alpha value is -3.32. The zero-order valence-electron chi connectivity index (χ0n) is 17.8. The predicted molar refractivity (Wildman–Crippen MR) is 118 cm³/mol. The molecule has 162 valence electrons. The van der Waals surface area contributed by atoms with Crippen LogP contribution < -0.4 is 10.1 Å². The van der Waals surface area contributed by atoms with Gasteiger partial charge in [-0.3, -0.25) is 9.59 Å². The summed E-state index contributed by atoms with van der Waals surface area (Å²) in [4.78, 5) is 27.4. The van der Waals surface area contributed by atoms with Crippen molar-refractivity contribution in [1.82, 2.24) is 4.90 Å². The summed E-state index contributed by atoms with van der Waals surface area (Å²) in [5, 5.41) is 3.57. The molecule has 1 aliphatic heterocycles. The molecular weight excluding hydrogens is 396 g/mol. The first kappa shape index (κ1) is 20.9. The molecule has 1 fully saturated rings. The Morgan fingerprint density at radius 1 is 1.03 bits per heavy atom. The maximum Gasteiger partial charge on any atom is 0.291 e. The van der Waals surface area contributed by atoms with Crippen molar-refractivity contribution in [1.29, 1.82) is 0 Å². The summed E-state index contributed by atoms with van der Waals surface area (Å²) in [6, 6.07) is 13.2. The van der Waals surface area contributed by atoms with Gasteiger partial charge in [0.25, 0.3) is 5.91 Å². The molecule has 3 aromatic rings. The van der Waals surface area contributed by atoms with E-state index >= 15 is 0 Å². The highest BCUT2D eigenvalue weighted by Crippen LogP contribution is 2.32. The lowest BCUT2D eigenvalue weighted by atomic mass is 10.1. The predicted octanol–water partition coefficient (Wildman–Crippen LogP) is 3.93. The summed E-state index contributed by atoms with van der Waals surface area (Å²) < 4.78 is 17.0. The topological polar surface area (TPSA) is 81.0 Å². The number of nitrogens with one attached hydrogen (secondary N) is 1. The van der Waals surface area contributed by atoms with Crippen LogP contribution in [0.4, 0.5) is 5.69 Å². The number of carbonyl (C=O) groups excluding carboxylic acids is 2. The number of aryl methyl sites for hydroxylation is 2. The molecule has 0 unspecified atom stereocenters. The summed E-state index contributed by atoms with van der Waals surface area (Å²) in [6.07, 6.45) is 0.151. The van der Waals surface area contributed by atoms with Gasteiger partial charge in [-0.1, -0.05) is 30.3 Å². The number of furan rings is 1. The van der Waals surface area contributed by atoms with E-state index in [9.17, 15) is 9.59 Å². The number of amides is 2. The monoisotopic (exact) mass is 422 g/mol. The first-order chi connectivity index (χ1) is 15.0. The molecular formula is C24H26N2O5. The molecule has 31 heavy (non-hydrogen) atoms. The van der Waals surface area contributed by atoms with Crippen molar-refractivity contribution in [2.75, 3.05) is 38.2 Å². The zero-order chi connectivity index (χ0) is 21.8. The van der Waals surface area contributed by atoms with E-state index in [2.05, 4.69) is 5.32 Å². The van der Waals surface area contributed by atoms with E-state index in [1.165, 1.54) is 0 Å². The van der Waals surface area contributed by atoms with Gasteiger partial charge in [-0.05, 0) is 37.1 Å². The maximum absolute atomic E-state index is 13.0. The van der Waals surface area contributed by atoms with Crippen molar-refractivity contribution in [3.63, 3.8) is 0 Å². The van der Waals surface area contributed by atoms with Crippen molar-refractivity contribution in [2.24, 2.45) is 0 Å². The van der Waals surface area contributed by atoms with Crippen molar-refractivity contribution in [3.05, 3.63) is 59.4 Å². The van der Waals surface area contributed by atoms with E-state index in [-0.39, 0.29) is 30.6 Å². The van der Waals surface area contributed by atoms with Gasteiger partial charge >= 0.3 is 0 Å². The standard InChI is InChI=1S/C24H26N2O5/c1-16-6-5-7-17(2)22(16)30-13-10-20(27)25-21-18-8-3-4-9-19(18)31-23(21)24(28)26-11-14-29-15-12-26/h3-9H,10-15H2,1-2H3,(H,25,27). The summed E-state index contributed by atoms with van der Waals surface area (Å²) in [5.41, 5.74) is 3.02. The molecule has 4 rings (SSSR count). The van der Waals surface area contributed by atoms with Crippen molar-refractivity contribution in [3.8, 4) is 5.75 Å². The number of ether oxygens (including phenoxy) is 2. The number of nitrogens with zero attached hydrogens (tertiary/aromatic N) is 1. The van der Waals surface area contributed by atoms with E-state index in [0.717, 1.165) is 16.9 Å². The number of rotatable bonds is 6. The molecule has 1 N–H and O–H groups in total. The number of benzene rings is 2. The molecule has 2 amide bonds. The third-order valence-corrected chi connectivity index (χ3v) is 5.34. The number of hydrogen-bond acceptors (Lipinski definition) is 5. The van der Waals surface area contributed by atoms with Gasteiger partial charge in [-0.25, -0.2) is 0 Å². The molecule has 0 saturated carbocycles. The summed E-state index contributed by atoms with van der Waals surface area (Å²) >= 11 is 0. The van der Waals surface area contributed by atoms with Gasteiger partial charge in [0.2, 0.25) is 11.7 Å². The van der Waals surface area contributed by atoms with Crippen molar-refractivity contribution in [2.45, 2.75) is 20.3 Å². The Labute approximate surface area is 180 Å². The van der Waals surface area contributed by atoms with Gasteiger partial charge in [0.1, 0.15) is 17.0 Å². The van der Waals surface area contributed by atoms with Crippen LogP contribution in [-0.4, -0.2) is 49.6 Å². The molecule has 2 aromatic carbocycles. The summed E-state index contributed by atoms with van der Waals surface area (Å²) in [7, 11) is 0. The van der Waals surface area contributed by atoms with E-state index in [4.69, 9.17) is 13.9 Å². The first-order valence-electron chi connectivity index (χ1n) is 10.4. The van der Waals surface area contributed by atoms with E-state index in [1.54, 1.807) is 11.0 Å². The van der Waals surface area contributed by atoms with Gasteiger partial charge < -0.3 is 24.1 Å². The van der Waals surface area contributed by atoms with Gasteiger partial charge in [0.15, 0.2) is 0 Å². The lowest BCUT2D eigenvalue weighted by Crippen LogP contribution is -2.40. The quantitative estimate of drug-likeness (QED) is 0.651. The van der Waals surface area contributed by atoms with Gasteiger partial charge in [-0.2, -0.15) is 0 Å². The fraction of sp³-hybridized carbons (Fsp3) is 0.333. The van der Waals surface area contributed by atoms with Crippen LogP contribution >= 0.6 is 0 Å². The normalized spacial score (nSPS) is 13.9. The number of carbonyl (C=O) groups is 2. The second-order valence-corrected chi connectivity index (χ2v) is 7.57. The largest absolute Gasteiger partial charge is 0.493 e. The lowest BCUT2D eigenvalue weighted by Gasteiger charge is -2.26. The molecule has 0 atom stereocenters. The van der Waals surface area contributed by atoms with Crippen LogP contribution in [0, 0.1) is 13.8 Å². The Balaban J connectivity index is 1.49. The lowest BCUT2D eigenvalue weighted by molar-refractivity contribution is -0.116. The molecule has 0 spiro atoms. The smallest absolute Gasteiger partial charge is 0.291 e. The van der Waals surface area contributed by atoms with Gasteiger partial charge in [0, 0.05) is 18.5 Å². The molecule has 1 aromatic heterocycles. The minimum absolute atomic E-state index is 0.145. The summed E-state index contributed by atoms with van der Waals surface area (Å²) in [6.45, 7) is 6.15. The molecule has 2 heterocycles. The third kappa shape index (κ3) is 4.56. The Bertz CT molecular complexity index is 1080. The average molecular weight is 422 g/mol. The molecule has 1 saturated heterocycles. The number of anilines is 1. The van der Waals surface area contributed by atoms with Crippen LogP contribution in [0.25, 0.3) is 11.0 Å². The highest BCUT2D eigenvalue weighted by atomic mass is 16.5. The van der Waals surface area contributed by atoms with Crippen molar-refractivity contribution >= 4 is 28.5 Å². The number of hydrogen-bond donors (Lipinski definition) is 1. The van der Waals surface area contributed by atoms with Crippen LogP contribution in [0.3, 0.4) is 0 Å². The van der Waals surface area contributed by atoms with Crippen LogP contribution in [0.2, 0.25) is 0 Å². The minimum Gasteiger partial charge on any atom is -0.493 e. The zero-order valence-corrected chi connectivity index (χ0v) is 17.8. The number of morpholine rings is 1.